The van der Waals surface area contributed by atoms with Crippen LogP contribution in [0.3, 0.4) is 0 Å². The van der Waals surface area contributed by atoms with E-state index in [1.807, 2.05) is 29.2 Å². The fraction of sp³-hybridized carbons (Fsp3) is 0.600. The Kier molecular flexibility index (Phi) is 5.61. The number of ketones is 2. The monoisotopic (exact) mass is 437 g/mol. The van der Waals surface area contributed by atoms with Crippen molar-refractivity contribution in [3.8, 4) is 0 Å². The van der Waals surface area contributed by atoms with Gasteiger partial charge in [0.2, 0.25) is 5.91 Å². The first kappa shape index (κ1) is 21.3. The highest BCUT2D eigenvalue weighted by atomic mass is 16.5. The molecule has 0 N–H and O–H groups in total. The molecule has 5 rings (SSSR count). The number of methoxy groups -OCH3 is 1. The Bertz CT molecular complexity index is 1060. The summed E-state index contributed by atoms with van der Waals surface area (Å²) in [6.07, 6.45) is 6.72. The molecule has 1 aromatic heterocycles. The second kappa shape index (κ2) is 8.43. The summed E-state index contributed by atoms with van der Waals surface area (Å²) >= 11 is 0. The third-order valence-corrected chi connectivity index (χ3v) is 7.60. The number of aromatic nitrogens is 2. The number of nitrogens with zero attached hydrogens (tertiary/aromatic N) is 3. The third kappa shape index (κ3) is 3.87. The normalized spacial score (nSPS) is 29.2. The van der Waals surface area contributed by atoms with Gasteiger partial charge in [0.15, 0.2) is 11.6 Å². The quantitative estimate of drug-likeness (QED) is 0.620. The molecule has 0 bridgehead atoms. The van der Waals surface area contributed by atoms with Crippen molar-refractivity contribution in [3.63, 3.8) is 0 Å². The summed E-state index contributed by atoms with van der Waals surface area (Å²) in [7, 11) is 1.75. The summed E-state index contributed by atoms with van der Waals surface area (Å²) in [6.45, 7) is 1.54. The lowest BCUT2D eigenvalue weighted by molar-refractivity contribution is -0.140. The van der Waals surface area contributed by atoms with Gasteiger partial charge in [-0.15, -0.1) is 0 Å². The second-order valence-electron chi connectivity index (χ2n) is 9.76. The van der Waals surface area contributed by atoms with Gasteiger partial charge in [0, 0.05) is 31.9 Å². The van der Waals surface area contributed by atoms with Crippen molar-refractivity contribution in [3.05, 3.63) is 30.0 Å². The highest BCUT2D eigenvalue weighted by molar-refractivity contribution is 6.05. The zero-order valence-electron chi connectivity index (χ0n) is 18.8. The van der Waals surface area contributed by atoms with E-state index >= 15 is 0 Å². The van der Waals surface area contributed by atoms with Crippen molar-refractivity contribution in [2.75, 3.05) is 7.11 Å². The molecule has 1 aliphatic heterocycles. The minimum atomic E-state index is -0.316. The number of likely N-dealkylation sites (tertiary alicyclic amines) is 1. The number of carbonyl (C=O) groups is 3. The van der Waals surface area contributed by atoms with Crippen LogP contribution in [0.25, 0.3) is 10.9 Å². The molecule has 2 aromatic rings. The Balaban J connectivity index is 1.32. The molecule has 7 nitrogen and oxygen atoms in total. The summed E-state index contributed by atoms with van der Waals surface area (Å²) < 4.78 is 7.14. The maximum absolute atomic E-state index is 13.4. The lowest BCUT2D eigenvalue weighted by Crippen LogP contribution is -2.45. The minimum Gasteiger partial charge on any atom is -0.381 e. The lowest BCUT2D eigenvalue weighted by Gasteiger charge is -2.31. The number of piperidine rings is 1. The SMILES string of the molecule is CO[C@H]1CCC[C@H](CC(=O)[C@@H]2C[C@H]3C[C@H]3N2C(=O)Cn2nc(C(C)=O)c3ccccc32)C1. The van der Waals surface area contributed by atoms with E-state index in [0.29, 0.717) is 24.0 Å². The smallest absolute Gasteiger partial charge is 0.245 e. The van der Waals surface area contributed by atoms with Crippen LogP contribution < -0.4 is 0 Å². The van der Waals surface area contributed by atoms with Gasteiger partial charge >= 0.3 is 0 Å². The molecular weight excluding hydrogens is 406 g/mol. The fourth-order valence-electron chi connectivity index (χ4n) is 5.88. The van der Waals surface area contributed by atoms with E-state index < -0.39 is 0 Å². The first-order chi connectivity index (χ1) is 15.5. The maximum Gasteiger partial charge on any atom is 0.245 e. The molecule has 0 spiro atoms. The Hall–Kier alpha value is -2.54. The van der Waals surface area contributed by atoms with Crippen LogP contribution in [0, 0.1) is 11.8 Å². The number of ether oxygens (including phenoxy) is 1. The summed E-state index contributed by atoms with van der Waals surface area (Å²) in [5.41, 5.74) is 1.16. The Morgan fingerprint density at radius 1 is 1.12 bits per heavy atom. The van der Waals surface area contributed by atoms with Crippen molar-refractivity contribution >= 4 is 28.4 Å². The van der Waals surface area contributed by atoms with Gasteiger partial charge in [0.25, 0.3) is 0 Å². The molecule has 2 heterocycles. The number of fused-ring (bicyclic) bond motifs is 2. The minimum absolute atomic E-state index is 0.0516. The van der Waals surface area contributed by atoms with Gasteiger partial charge in [-0.2, -0.15) is 5.10 Å². The standard InChI is InChI=1S/C25H31N3O4/c1-15(29)25-19-8-3-4-9-20(19)27(26-25)14-24(31)28-21-12-17(21)13-22(28)23(30)11-16-6-5-7-18(10-16)32-2/h3-4,8-9,16-18,21-22H,5-7,10-14H2,1-2H3/t16-,17+,18-,21+,22-/m0/s1. The van der Waals surface area contributed by atoms with Crippen LogP contribution in [-0.4, -0.2) is 57.5 Å². The van der Waals surface area contributed by atoms with Gasteiger partial charge in [-0.05, 0) is 50.0 Å². The van der Waals surface area contributed by atoms with Crippen LogP contribution in [0.15, 0.2) is 24.3 Å². The summed E-state index contributed by atoms with van der Waals surface area (Å²) in [4.78, 5) is 40.5. The van der Waals surface area contributed by atoms with Crippen molar-refractivity contribution in [1.82, 2.24) is 14.7 Å². The number of para-hydroxylation sites is 1. The van der Waals surface area contributed by atoms with Crippen LogP contribution in [-0.2, 0) is 20.9 Å². The zero-order valence-corrected chi connectivity index (χ0v) is 18.8. The molecule has 0 radical (unpaired) electrons. The molecule has 3 aliphatic rings. The number of Topliss-reactive ketones (excluding diaryl/α,β-unsaturated/α-hetero) is 2. The number of benzene rings is 1. The number of hydrogen-bond acceptors (Lipinski definition) is 5. The van der Waals surface area contributed by atoms with E-state index in [1.54, 1.807) is 11.8 Å². The molecule has 1 amide bonds. The molecule has 170 valence electrons. The van der Waals surface area contributed by atoms with Gasteiger partial charge in [-0.25, -0.2) is 0 Å². The predicted molar refractivity (Wildman–Crippen MR) is 119 cm³/mol. The Labute approximate surface area is 188 Å². The van der Waals surface area contributed by atoms with E-state index in [0.717, 1.165) is 49.4 Å². The summed E-state index contributed by atoms with van der Waals surface area (Å²) in [5.74, 6) is 0.805. The molecule has 1 aromatic carbocycles. The summed E-state index contributed by atoms with van der Waals surface area (Å²) in [6, 6.07) is 7.35. The molecule has 5 atom stereocenters. The molecule has 1 saturated heterocycles. The second-order valence-corrected chi connectivity index (χ2v) is 9.76. The van der Waals surface area contributed by atoms with Crippen LogP contribution in [0.4, 0.5) is 0 Å². The van der Waals surface area contributed by atoms with Crippen molar-refractivity contribution < 1.29 is 19.1 Å². The lowest BCUT2D eigenvalue weighted by atomic mass is 9.82. The first-order valence-electron chi connectivity index (χ1n) is 11.8. The van der Waals surface area contributed by atoms with Crippen LogP contribution in [0.1, 0.15) is 62.4 Å². The Morgan fingerprint density at radius 2 is 1.94 bits per heavy atom. The highest BCUT2D eigenvalue weighted by Gasteiger charge is 2.55. The number of rotatable bonds is 7. The van der Waals surface area contributed by atoms with E-state index in [2.05, 4.69) is 5.10 Å². The van der Waals surface area contributed by atoms with E-state index in [1.165, 1.54) is 6.92 Å². The number of carbonyl (C=O) groups excluding carboxylic acids is 3. The van der Waals surface area contributed by atoms with Gasteiger partial charge in [-0.1, -0.05) is 24.6 Å². The van der Waals surface area contributed by atoms with Gasteiger partial charge < -0.3 is 9.64 Å². The molecule has 2 aliphatic carbocycles. The average Bonchev–Trinajstić information content (AvgIpc) is 3.29. The van der Waals surface area contributed by atoms with E-state index in [9.17, 15) is 14.4 Å². The molecular formula is C25H31N3O4. The maximum atomic E-state index is 13.4. The van der Waals surface area contributed by atoms with Crippen molar-refractivity contribution in [2.24, 2.45) is 11.8 Å². The van der Waals surface area contributed by atoms with Crippen LogP contribution in [0.5, 0.6) is 0 Å². The van der Waals surface area contributed by atoms with Gasteiger partial charge in [0.05, 0.1) is 17.7 Å². The highest BCUT2D eigenvalue weighted by Crippen LogP contribution is 2.48. The zero-order chi connectivity index (χ0) is 22.4. The van der Waals surface area contributed by atoms with Gasteiger partial charge in [-0.3, -0.25) is 19.1 Å². The van der Waals surface area contributed by atoms with Crippen LogP contribution >= 0.6 is 0 Å². The number of amides is 1. The molecule has 3 fully saturated rings. The molecule has 32 heavy (non-hydrogen) atoms. The third-order valence-electron chi connectivity index (χ3n) is 7.60. The van der Waals surface area contributed by atoms with Crippen LogP contribution in [0.2, 0.25) is 0 Å². The first-order valence-corrected chi connectivity index (χ1v) is 11.8. The number of hydrogen-bond donors (Lipinski definition) is 0. The van der Waals surface area contributed by atoms with Crippen molar-refractivity contribution in [2.45, 2.75) is 76.6 Å². The molecule has 7 heteroatoms. The molecule has 0 unspecified atom stereocenters. The topological polar surface area (TPSA) is 81.5 Å². The average molecular weight is 438 g/mol. The van der Waals surface area contributed by atoms with Gasteiger partial charge in [0.1, 0.15) is 12.2 Å². The fourth-order valence-corrected chi connectivity index (χ4v) is 5.88. The van der Waals surface area contributed by atoms with E-state index in [-0.39, 0.29) is 42.2 Å². The largest absolute Gasteiger partial charge is 0.381 e. The predicted octanol–water partition coefficient (Wildman–Crippen LogP) is 3.39. The summed E-state index contributed by atoms with van der Waals surface area (Å²) in [5, 5.41) is 5.20. The Morgan fingerprint density at radius 3 is 2.72 bits per heavy atom. The van der Waals surface area contributed by atoms with E-state index in [4.69, 9.17) is 4.74 Å². The molecule has 2 saturated carbocycles. The van der Waals surface area contributed by atoms with Crippen molar-refractivity contribution in [1.29, 1.82) is 0 Å².